The highest BCUT2D eigenvalue weighted by molar-refractivity contribution is 5.94. The quantitative estimate of drug-likeness (QED) is 0.649. The molecular weight excluding hydrogens is 413 g/mol. The number of halogens is 3. The Morgan fingerprint density at radius 2 is 2.13 bits per heavy atom. The summed E-state index contributed by atoms with van der Waals surface area (Å²) in [5, 5.41) is 0. The molecule has 2 fully saturated rings. The summed E-state index contributed by atoms with van der Waals surface area (Å²) in [5.74, 6) is 0.303. The first kappa shape index (κ1) is 21.6. The molecule has 3 heterocycles. The monoisotopic (exact) mass is 436 g/mol. The van der Waals surface area contributed by atoms with Crippen molar-refractivity contribution in [2.75, 3.05) is 32.9 Å². The van der Waals surface area contributed by atoms with E-state index in [-0.39, 0.29) is 24.0 Å². The van der Waals surface area contributed by atoms with Crippen LogP contribution in [0, 0.1) is 6.92 Å². The average Bonchev–Trinajstić information content (AvgIpc) is 2.72. The Labute approximate surface area is 177 Å². The van der Waals surface area contributed by atoms with E-state index in [2.05, 4.69) is 9.72 Å². The molecule has 0 spiro atoms. The molecule has 2 aliphatic rings. The van der Waals surface area contributed by atoms with Crippen molar-refractivity contribution in [3.8, 4) is 5.75 Å². The maximum Gasteiger partial charge on any atom is 0.522 e. The molecule has 1 aromatic heterocycles. The van der Waals surface area contributed by atoms with Gasteiger partial charge in [0.1, 0.15) is 12.4 Å². The highest BCUT2D eigenvalue weighted by Gasteiger charge is 2.54. The zero-order valence-electron chi connectivity index (χ0n) is 17.0. The van der Waals surface area contributed by atoms with Gasteiger partial charge in [-0.3, -0.25) is 14.5 Å². The molecule has 0 aliphatic carbocycles. The summed E-state index contributed by atoms with van der Waals surface area (Å²) in [7, 11) is 0. The highest BCUT2D eigenvalue weighted by atomic mass is 19.4. The summed E-state index contributed by atoms with van der Waals surface area (Å²) >= 11 is 0. The van der Waals surface area contributed by atoms with Gasteiger partial charge in [0, 0.05) is 24.8 Å². The highest BCUT2D eigenvalue weighted by Crippen LogP contribution is 2.44. The predicted octanol–water partition coefficient (Wildman–Crippen LogP) is 3.49. The summed E-state index contributed by atoms with van der Waals surface area (Å²) in [6.45, 7) is 2.60. The van der Waals surface area contributed by atoms with E-state index in [0.29, 0.717) is 36.6 Å². The third kappa shape index (κ3) is 4.52. The number of likely N-dealkylation sites (tertiary alicyclic amines) is 1. The van der Waals surface area contributed by atoms with Crippen molar-refractivity contribution in [3.05, 3.63) is 59.4 Å². The molecule has 4 rings (SSSR count). The minimum Gasteiger partial charge on any atom is -0.491 e. The van der Waals surface area contributed by atoms with Gasteiger partial charge >= 0.3 is 6.36 Å². The number of piperidine rings is 1. The van der Waals surface area contributed by atoms with Crippen LogP contribution in [0.4, 0.5) is 13.2 Å². The molecule has 0 unspecified atom stereocenters. The second kappa shape index (κ2) is 8.47. The van der Waals surface area contributed by atoms with E-state index in [4.69, 9.17) is 9.47 Å². The fraction of sp³-hybridized carbons (Fsp3) is 0.455. The normalized spacial score (nSPS) is 23.1. The minimum atomic E-state index is -4.68. The SMILES string of the molecule is Cc1cc(C(=O)N2CC[C@@]3(c4ccccn4)CO[C@H]3C2)ccc1OCCOC(F)(F)F. The van der Waals surface area contributed by atoms with Crippen molar-refractivity contribution >= 4 is 5.91 Å². The van der Waals surface area contributed by atoms with Gasteiger partial charge in [-0.25, -0.2) is 0 Å². The fourth-order valence-electron chi connectivity index (χ4n) is 4.13. The van der Waals surface area contributed by atoms with Gasteiger partial charge in [0.2, 0.25) is 0 Å². The smallest absolute Gasteiger partial charge is 0.491 e. The molecular formula is C22H23F3N2O4. The summed E-state index contributed by atoms with van der Waals surface area (Å²) in [4.78, 5) is 19.3. The fourth-order valence-corrected chi connectivity index (χ4v) is 4.13. The van der Waals surface area contributed by atoms with Gasteiger partial charge in [0.25, 0.3) is 5.91 Å². The van der Waals surface area contributed by atoms with Gasteiger partial charge in [-0.15, -0.1) is 13.2 Å². The molecule has 0 N–H and O–H groups in total. The van der Waals surface area contributed by atoms with Crippen LogP contribution < -0.4 is 4.74 Å². The number of carbonyl (C=O) groups excluding carboxylic acids is 1. The first-order chi connectivity index (χ1) is 14.8. The molecule has 1 aromatic carbocycles. The van der Waals surface area contributed by atoms with Crippen molar-refractivity contribution in [1.82, 2.24) is 9.88 Å². The number of pyridine rings is 1. The first-order valence-electron chi connectivity index (χ1n) is 10.0. The molecule has 6 nitrogen and oxygen atoms in total. The molecule has 0 bridgehead atoms. The van der Waals surface area contributed by atoms with Gasteiger partial charge in [-0.2, -0.15) is 0 Å². The molecule has 31 heavy (non-hydrogen) atoms. The van der Waals surface area contributed by atoms with Crippen molar-refractivity contribution in [3.63, 3.8) is 0 Å². The topological polar surface area (TPSA) is 60.9 Å². The van der Waals surface area contributed by atoms with Crippen LogP contribution in [0.15, 0.2) is 42.6 Å². The number of amides is 1. The van der Waals surface area contributed by atoms with Gasteiger partial charge in [0.05, 0.1) is 30.4 Å². The Morgan fingerprint density at radius 3 is 2.74 bits per heavy atom. The maximum absolute atomic E-state index is 13.0. The lowest BCUT2D eigenvalue weighted by molar-refractivity contribution is -0.325. The van der Waals surface area contributed by atoms with Crippen LogP contribution in [0.25, 0.3) is 0 Å². The number of alkyl halides is 3. The number of carbonyl (C=O) groups is 1. The predicted molar refractivity (Wildman–Crippen MR) is 105 cm³/mol. The van der Waals surface area contributed by atoms with E-state index in [0.717, 1.165) is 12.1 Å². The zero-order valence-corrected chi connectivity index (χ0v) is 17.0. The van der Waals surface area contributed by atoms with E-state index in [9.17, 15) is 18.0 Å². The average molecular weight is 436 g/mol. The minimum absolute atomic E-state index is 0.0857. The Balaban J connectivity index is 1.36. The lowest BCUT2D eigenvalue weighted by atomic mass is 9.70. The number of hydrogen-bond acceptors (Lipinski definition) is 5. The molecule has 2 saturated heterocycles. The third-order valence-electron chi connectivity index (χ3n) is 5.86. The third-order valence-corrected chi connectivity index (χ3v) is 5.86. The van der Waals surface area contributed by atoms with E-state index in [1.807, 2.05) is 18.2 Å². The van der Waals surface area contributed by atoms with Gasteiger partial charge in [-0.1, -0.05) is 6.07 Å². The van der Waals surface area contributed by atoms with Crippen LogP contribution >= 0.6 is 0 Å². The summed E-state index contributed by atoms with van der Waals surface area (Å²) in [6, 6.07) is 10.8. The van der Waals surface area contributed by atoms with Crippen LogP contribution in [-0.2, 0) is 14.9 Å². The first-order valence-corrected chi connectivity index (χ1v) is 10.0. The number of nitrogens with zero attached hydrogens (tertiary/aromatic N) is 2. The summed E-state index contributed by atoms with van der Waals surface area (Å²) in [5.41, 5.74) is 2.04. The Morgan fingerprint density at radius 1 is 1.29 bits per heavy atom. The Hall–Kier alpha value is -2.65. The van der Waals surface area contributed by atoms with E-state index >= 15 is 0 Å². The number of aryl methyl sites for hydroxylation is 1. The molecule has 166 valence electrons. The molecule has 1 amide bonds. The van der Waals surface area contributed by atoms with Crippen LogP contribution in [0.3, 0.4) is 0 Å². The Bertz CT molecular complexity index is 938. The van der Waals surface area contributed by atoms with Crippen LogP contribution in [0.1, 0.15) is 28.0 Å². The van der Waals surface area contributed by atoms with Crippen molar-refractivity contribution in [2.24, 2.45) is 0 Å². The number of rotatable bonds is 6. The molecule has 9 heteroatoms. The van der Waals surface area contributed by atoms with Gasteiger partial charge < -0.3 is 14.4 Å². The molecule has 0 radical (unpaired) electrons. The number of ether oxygens (including phenoxy) is 3. The standard InChI is InChI=1S/C22H23F3N2O4/c1-15-12-16(5-6-17(15)29-10-11-31-22(23,24)25)20(28)27-9-7-21(14-30-19(21)13-27)18-4-2-3-8-26-18/h2-6,8,12,19H,7,9-11,13-14H2,1H3/t19-,21-/m0/s1. The number of benzene rings is 1. The van der Waals surface area contributed by atoms with Crippen molar-refractivity contribution in [1.29, 1.82) is 0 Å². The van der Waals surface area contributed by atoms with E-state index < -0.39 is 13.0 Å². The van der Waals surface area contributed by atoms with Crippen LogP contribution in [-0.4, -0.2) is 61.2 Å². The number of hydrogen-bond donors (Lipinski definition) is 0. The molecule has 0 saturated carbocycles. The lowest BCUT2D eigenvalue weighted by Crippen LogP contribution is -2.65. The van der Waals surface area contributed by atoms with Crippen molar-refractivity contribution < 1.29 is 32.2 Å². The summed E-state index contributed by atoms with van der Waals surface area (Å²) in [6.07, 6.45) is -2.21. The van der Waals surface area contributed by atoms with Crippen molar-refractivity contribution in [2.45, 2.75) is 31.2 Å². The molecule has 2 aromatic rings. The summed E-state index contributed by atoms with van der Waals surface area (Å²) < 4.78 is 50.9. The second-order valence-electron chi connectivity index (χ2n) is 7.79. The number of aromatic nitrogens is 1. The van der Waals surface area contributed by atoms with Gasteiger partial charge in [0.15, 0.2) is 0 Å². The molecule has 2 aliphatic heterocycles. The molecule has 2 atom stereocenters. The Kier molecular flexibility index (Phi) is 5.90. The largest absolute Gasteiger partial charge is 0.522 e. The lowest BCUT2D eigenvalue weighted by Gasteiger charge is -2.54. The van der Waals surface area contributed by atoms with E-state index in [1.165, 1.54) is 0 Å². The zero-order chi connectivity index (χ0) is 22.1. The maximum atomic E-state index is 13.0. The second-order valence-corrected chi connectivity index (χ2v) is 7.79. The van der Waals surface area contributed by atoms with Gasteiger partial charge in [-0.05, 0) is 49.2 Å². The van der Waals surface area contributed by atoms with Crippen LogP contribution in [0.5, 0.6) is 5.75 Å². The van der Waals surface area contributed by atoms with E-state index in [1.54, 1.807) is 36.2 Å². The van der Waals surface area contributed by atoms with Crippen LogP contribution in [0.2, 0.25) is 0 Å². The number of fused-ring (bicyclic) bond motifs is 1.